The average Bonchev–Trinajstić information content (AvgIpc) is 2.40. The second kappa shape index (κ2) is 8.81. The molecule has 1 atom stereocenters. The molecular formula is C13H17F4NO3. The van der Waals surface area contributed by atoms with Crippen LogP contribution in [0.5, 0.6) is 5.75 Å². The van der Waals surface area contributed by atoms with Crippen molar-refractivity contribution in [2.45, 2.75) is 12.3 Å². The van der Waals surface area contributed by atoms with Crippen molar-refractivity contribution in [3.05, 3.63) is 30.1 Å². The lowest BCUT2D eigenvalue weighted by Crippen LogP contribution is -2.33. The van der Waals surface area contributed by atoms with Crippen molar-refractivity contribution in [2.75, 3.05) is 32.9 Å². The van der Waals surface area contributed by atoms with Crippen LogP contribution in [0, 0.1) is 5.82 Å². The van der Waals surface area contributed by atoms with Gasteiger partial charge < -0.3 is 19.9 Å². The van der Waals surface area contributed by atoms with Crippen LogP contribution in [0.1, 0.15) is 0 Å². The standard InChI is InChI=1S/C13H17F4NO3/c14-11-3-1-2-4-12(11)21-8-10(19)7-18-5-6-20-9-13(15,16)17/h1-4,10,18-19H,5-9H2. The molecule has 21 heavy (non-hydrogen) atoms. The van der Waals surface area contributed by atoms with Crippen LogP contribution in [0.15, 0.2) is 24.3 Å². The van der Waals surface area contributed by atoms with E-state index in [1.807, 2.05) is 0 Å². The molecule has 1 aromatic carbocycles. The fraction of sp³-hybridized carbons (Fsp3) is 0.538. The Kier molecular flexibility index (Phi) is 7.41. The molecule has 1 unspecified atom stereocenters. The first-order chi connectivity index (χ1) is 9.88. The van der Waals surface area contributed by atoms with E-state index in [9.17, 15) is 22.7 Å². The Morgan fingerprint density at radius 3 is 2.62 bits per heavy atom. The fourth-order valence-corrected chi connectivity index (χ4v) is 1.41. The number of ether oxygens (including phenoxy) is 2. The Morgan fingerprint density at radius 1 is 1.24 bits per heavy atom. The topological polar surface area (TPSA) is 50.7 Å². The average molecular weight is 311 g/mol. The van der Waals surface area contributed by atoms with Crippen molar-refractivity contribution < 1.29 is 32.1 Å². The summed E-state index contributed by atoms with van der Waals surface area (Å²) in [4.78, 5) is 0. The Hall–Kier alpha value is -1.38. The summed E-state index contributed by atoms with van der Waals surface area (Å²) in [5.41, 5.74) is 0. The van der Waals surface area contributed by atoms with Crippen molar-refractivity contribution in [3.63, 3.8) is 0 Å². The third-order valence-corrected chi connectivity index (χ3v) is 2.34. The SMILES string of the molecule is OC(CNCCOCC(F)(F)F)COc1ccccc1F. The largest absolute Gasteiger partial charge is 0.488 e. The lowest BCUT2D eigenvalue weighted by atomic mass is 10.3. The highest BCUT2D eigenvalue weighted by Gasteiger charge is 2.27. The van der Waals surface area contributed by atoms with Gasteiger partial charge in [0.15, 0.2) is 11.6 Å². The van der Waals surface area contributed by atoms with Gasteiger partial charge in [-0.05, 0) is 12.1 Å². The fourth-order valence-electron chi connectivity index (χ4n) is 1.41. The summed E-state index contributed by atoms with van der Waals surface area (Å²) in [6, 6.07) is 5.78. The molecule has 0 aliphatic heterocycles. The zero-order chi connectivity index (χ0) is 15.7. The van der Waals surface area contributed by atoms with E-state index in [4.69, 9.17) is 4.74 Å². The third kappa shape index (κ3) is 8.49. The summed E-state index contributed by atoms with van der Waals surface area (Å²) >= 11 is 0. The molecule has 1 rings (SSSR count). The van der Waals surface area contributed by atoms with Gasteiger partial charge in [0.05, 0.1) is 6.61 Å². The predicted molar refractivity (Wildman–Crippen MR) is 67.6 cm³/mol. The summed E-state index contributed by atoms with van der Waals surface area (Å²) in [6.45, 7) is -1.29. The van der Waals surface area contributed by atoms with Crippen LogP contribution in [0.3, 0.4) is 0 Å². The highest BCUT2D eigenvalue weighted by molar-refractivity contribution is 5.23. The van der Waals surface area contributed by atoms with Crippen molar-refractivity contribution in [1.82, 2.24) is 5.32 Å². The monoisotopic (exact) mass is 311 g/mol. The van der Waals surface area contributed by atoms with E-state index in [0.717, 1.165) is 0 Å². The number of rotatable bonds is 9. The van der Waals surface area contributed by atoms with Gasteiger partial charge in [-0.15, -0.1) is 0 Å². The number of aliphatic hydroxyl groups excluding tert-OH is 1. The summed E-state index contributed by atoms with van der Waals surface area (Å²) in [7, 11) is 0. The van der Waals surface area contributed by atoms with Crippen LogP contribution < -0.4 is 10.1 Å². The first-order valence-electron chi connectivity index (χ1n) is 6.29. The van der Waals surface area contributed by atoms with Gasteiger partial charge in [-0.1, -0.05) is 12.1 Å². The van der Waals surface area contributed by atoms with Gasteiger partial charge in [-0.3, -0.25) is 0 Å². The van der Waals surface area contributed by atoms with E-state index >= 15 is 0 Å². The number of hydrogen-bond donors (Lipinski definition) is 2. The van der Waals surface area contributed by atoms with Crippen molar-refractivity contribution in [1.29, 1.82) is 0 Å². The minimum absolute atomic E-state index is 0.0325. The molecule has 2 N–H and O–H groups in total. The van der Waals surface area contributed by atoms with Crippen LogP contribution in [-0.2, 0) is 4.74 Å². The second-order valence-corrected chi connectivity index (χ2v) is 4.27. The highest BCUT2D eigenvalue weighted by atomic mass is 19.4. The van der Waals surface area contributed by atoms with Gasteiger partial charge in [-0.2, -0.15) is 13.2 Å². The minimum atomic E-state index is -4.34. The molecule has 0 spiro atoms. The van der Waals surface area contributed by atoms with Crippen LogP contribution in [0.25, 0.3) is 0 Å². The lowest BCUT2D eigenvalue weighted by Gasteiger charge is -2.14. The maximum atomic E-state index is 13.2. The number of nitrogens with one attached hydrogen (secondary N) is 1. The number of para-hydroxylation sites is 1. The van der Waals surface area contributed by atoms with Crippen molar-refractivity contribution in [2.24, 2.45) is 0 Å². The summed E-state index contributed by atoms with van der Waals surface area (Å²) < 4.78 is 57.9. The van der Waals surface area contributed by atoms with E-state index in [2.05, 4.69) is 10.1 Å². The van der Waals surface area contributed by atoms with Crippen LogP contribution in [0.4, 0.5) is 17.6 Å². The highest BCUT2D eigenvalue weighted by Crippen LogP contribution is 2.15. The normalized spacial score (nSPS) is 13.2. The number of aliphatic hydroxyl groups is 1. The number of alkyl halides is 3. The van der Waals surface area contributed by atoms with Crippen LogP contribution in [-0.4, -0.2) is 50.3 Å². The maximum Gasteiger partial charge on any atom is 0.411 e. The molecule has 0 saturated carbocycles. The first-order valence-corrected chi connectivity index (χ1v) is 6.29. The molecule has 8 heteroatoms. The smallest absolute Gasteiger partial charge is 0.411 e. The predicted octanol–water partition coefficient (Wildman–Crippen LogP) is 1.73. The molecule has 0 amide bonds. The number of hydrogen-bond acceptors (Lipinski definition) is 4. The summed E-state index contributed by atoms with van der Waals surface area (Å²) in [5, 5.41) is 12.3. The number of halogens is 4. The van der Waals surface area contributed by atoms with Gasteiger partial charge in [0.1, 0.15) is 19.3 Å². The van der Waals surface area contributed by atoms with Crippen molar-refractivity contribution >= 4 is 0 Å². The molecule has 0 fully saturated rings. The van der Waals surface area contributed by atoms with Gasteiger partial charge in [-0.25, -0.2) is 4.39 Å². The van der Waals surface area contributed by atoms with E-state index in [-0.39, 0.29) is 32.1 Å². The zero-order valence-corrected chi connectivity index (χ0v) is 11.2. The molecular weight excluding hydrogens is 294 g/mol. The quantitative estimate of drug-likeness (QED) is 0.539. The zero-order valence-electron chi connectivity index (χ0n) is 11.2. The maximum absolute atomic E-state index is 13.2. The van der Waals surface area contributed by atoms with Gasteiger partial charge in [0, 0.05) is 13.1 Å². The van der Waals surface area contributed by atoms with Crippen molar-refractivity contribution in [3.8, 4) is 5.75 Å². The molecule has 0 heterocycles. The van der Waals surface area contributed by atoms with E-state index in [0.29, 0.717) is 0 Å². The Bertz CT molecular complexity index is 415. The molecule has 1 aromatic rings. The van der Waals surface area contributed by atoms with Gasteiger partial charge in [0.25, 0.3) is 0 Å². The Labute approximate surface area is 119 Å². The lowest BCUT2D eigenvalue weighted by molar-refractivity contribution is -0.173. The number of benzene rings is 1. The molecule has 0 aliphatic rings. The van der Waals surface area contributed by atoms with E-state index in [1.54, 1.807) is 6.07 Å². The van der Waals surface area contributed by atoms with E-state index < -0.39 is 24.7 Å². The molecule has 120 valence electrons. The molecule has 0 radical (unpaired) electrons. The molecule has 4 nitrogen and oxygen atoms in total. The summed E-state index contributed by atoms with van der Waals surface area (Å²) in [6.07, 6.45) is -5.25. The van der Waals surface area contributed by atoms with E-state index in [1.165, 1.54) is 18.2 Å². The molecule has 0 bridgehead atoms. The molecule has 0 saturated heterocycles. The first kappa shape index (κ1) is 17.7. The molecule has 0 aliphatic carbocycles. The summed E-state index contributed by atoms with van der Waals surface area (Å²) in [5.74, 6) is -0.497. The van der Waals surface area contributed by atoms with Crippen LogP contribution >= 0.6 is 0 Å². The minimum Gasteiger partial charge on any atom is -0.488 e. The Balaban J connectivity index is 2.07. The van der Waals surface area contributed by atoms with Gasteiger partial charge >= 0.3 is 6.18 Å². The molecule has 0 aromatic heterocycles. The Morgan fingerprint density at radius 2 is 1.95 bits per heavy atom. The van der Waals surface area contributed by atoms with Crippen LogP contribution in [0.2, 0.25) is 0 Å². The second-order valence-electron chi connectivity index (χ2n) is 4.27. The van der Waals surface area contributed by atoms with Gasteiger partial charge in [0.2, 0.25) is 0 Å². The third-order valence-electron chi connectivity index (χ3n) is 2.34.